The number of nitrogens with one attached hydrogen (secondary N) is 1. The van der Waals surface area contributed by atoms with E-state index in [0.29, 0.717) is 5.88 Å². The zero-order valence-corrected chi connectivity index (χ0v) is 15.8. The van der Waals surface area contributed by atoms with E-state index in [1.54, 1.807) is 22.7 Å². The van der Waals surface area contributed by atoms with Crippen molar-refractivity contribution in [3.05, 3.63) is 50.7 Å². The third-order valence-electron chi connectivity index (χ3n) is 4.41. The van der Waals surface area contributed by atoms with E-state index >= 15 is 0 Å². The number of alkyl halides is 1. The molecular weight excluding hydrogens is 358 g/mol. The predicted molar refractivity (Wildman–Crippen MR) is 107 cm³/mol. The Morgan fingerprint density at radius 2 is 2.12 bits per heavy atom. The second kappa shape index (κ2) is 6.03. The summed E-state index contributed by atoms with van der Waals surface area (Å²) in [5.41, 5.74) is 6.35. The van der Waals surface area contributed by atoms with Crippen LogP contribution in [0.15, 0.2) is 23.6 Å². The number of amides is 1. The molecule has 1 N–H and O–H groups in total. The van der Waals surface area contributed by atoms with Crippen LogP contribution >= 0.6 is 34.3 Å². The number of aryl methyl sites for hydroxylation is 3. The lowest BCUT2D eigenvalue weighted by molar-refractivity contribution is -0.110. The van der Waals surface area contributed by atoms with Crippen LogP contribution in [0, 0.1) is 13.8 Å². The maximum absolute atomic E-state index is 12.4. The van der Waals surface area contributed by atoms with Crippen LogP contribution in [0.5, 0.6) is 0 Å². The molecule has 3 aromatic rings. The van der Waals surface area contributed by atoms with Gasteiger partial charge in [0.1, 0.15) is 0 Å². The fraction of sp³-hybridized carbons (Fsp3) is 0.211. The Bertz CT molecular complexity index is 996. The first kappa shape index (κ1) is 15.9. The van der Waals surface area contributed by atoms with Gasteiger partial charge < -0.3 is 5.32 Å². The van der Waals surface area contributed by atoms with Gasteiger partial charge in [-0.3, -0.25) is 4.79 Å². The van der Waals surface area contributed by atoms with Crippen molar-refractivity contribution in [2.75, 3.05) is 11.2 Å². The second-order valence-corrected chi connectivity index (χ2v) is 8.57. The molecule has 2 nitrogen and oxygen atoms in total. The lowest BCUT2D eigenvalue weighted by Crippen LogP contribution is -2.03. The monoisotopic (exact) mass is 373 g/mol. The Hall–Kier alpha value is -1.62. The first-order valence-corrected chi connectivity index (χ1v) is 10.0. The molecule has 2 aromatic heterocycles. The van der Waals surface area contributed by atoms with Crippen LogP contribution in [0.3, 0.4) is 0 Å². The third kappa shape index (κ3) is 2.50. The Labute approximate surface area is 153 Å². The summed E-state index contributed by atoms with van der Waals surface area (Å²) in [6, 6.07) is 6.08. The summed E-state index contributed by atoms with van der Waals surface area (Å²) in [7, 11) is 0. The average molecular weight is 374 g/mol. The summed E-state index contributed by atoms with van der Waals surface area (Å²) < 4.78 is 1.33. The molecule has 1 aliphatic rings. The normalized spacial score (nSPS) is 15.3. The molecule has 1 amide bonds. The molecule has 1 aromatic carbocycles. The molecule has 0 saturated carbocycles. The van der Waals surface area contributed by atoms with E-state index in [1.165, 1.54) is 25.4 Å². The number of hydrogen-bond acceptors (Lipinski definition) is 3. The Balaban J connectivity index is 1.84. The maximum Gasteiger partial charge on any atom is 0.256 e. The van der Waals surface area contributed by atoms with Gasteiger partial charge in [0.15, 0.2) is 0 Å². The van der Waals surface area contributed by atoms with Crippen LogP contribution in [0.2, 0.25) is 0 Å². The summed E-state index contributed by atoms with van der Waals surface area (Å²) in [6.07, 6.45) is 2.85. The van der Waals surface area contributed by atoms with E-state index < -0.39 is 0 Å². The van der Waals surface area contributed by atoms with E-state index in [2.05, 4.69) is 30.6 Å². The predicted octanol–water partition coefficient (Wildman–Crippen LogP) is 5.85. The molecule has 122 valence electrons. The standard InChI is InChI=1S/C19H16ClNOS2/c1-10-9-23-19-17(10)11(2)16(24-19)8-14-13-7-12(5-6-20)3-4-15(13)21-18(14)22/h3-4,7-9H,5-6H2,1-2H3,(H,21,22). The fourth-order valence-corrected chi connectivity index (χ4v) is 5.86. The van der Waals surface area contributed by atoms with Gasteiger partial charge in [0, 0.05) is 27.4 Å². The van der Waals surface area contributed by atoms with Gasteiger partial charge in [-0.1, -0.05) is 6.07 Å². The summed E-state index contributed by atoms with van der Waals surface area (Å²) in [6.45, 7) is 4.29. The molecule has 3 heterocycles. The lowest BCUT2D eigenvalue weighted by atomic mass is 10.0. The first-order valence-electron chi connectivity index (χ1n) is 7.78. The number of halogens is 1. The molecule has 1 aliphatic heterocycles. The van der Waals surface area contributed by atoms with Gasteiger partial charge in [-0.25, -0.2) is 0 Å². The highest BCUT2D eigenvalue weighted by Gasteiger charge is 2.25. The number of hydrogen-bond donors (Lipinski definition) is 1. The topological polar surface area (TPSA) is 29.1 Å². The molecule has 0 atom stereocenters. The number of carbonyl (C=O) groups excluding carboxylic acids is 1. The van der Waals surface area contributed by atoms with E-state index in [-0.39, 0.29) is 5.91 Å². The van der Waals surface area contributed by atoms with Crippen molar-refractivity contribution >= 4 is 66.9 Å². The molecule has 0 bridgehead atoms. The quantitative estimate of drug-likeness (QED) is 0.452. The minimum Gasteiger partial charge on any atom is -0.321 e. The zero-order valence-electron chi connectivity index (χ0n) is 13.4. The van der Waals surface area contributed by atoms with Gasteiger partial charge >= 0.3 is 0 Å². The number of benzene rings is 1. The van der Waals surface area contributed by atoms with Crippen molar-refractivity contribution in [1.29, 1.82) is 0 Å². The summed E-state index contributed by atoms with van der Waals surface area (Å²) in [5.74, 6) is 0.555. The van der Waals surface area contributed by atoms with Crippen molar-refractivity contribution < 1.29 is 4.79 Å². The van der Waals surface area contributed by atoms with E-state index in [9.17, 15) is 4.79 Å². The van der Waals surface area contributed by atoms with Gasteiger partial charge in [0.05, 0.1) is 9.59 Å². The molecule has 0 unspecified atom stereocenters. The highest BCUT2D eigenvalue weighted by atomic mass is 35.5. The Kier molecular flexibility index (Phi) is 3.99. The van der Waals surface area contributed by atoms with Gasteiger partial charge in [-0.05, 0) is 60.5 Å². The zero-order chi connectivity index (χ0) is 16.8. The molecule has 4 rings (SSSR count). The first-order chi connectivity index (χ1) is 11.6. The van der Waals surface area contributed by atoms with E-state index in [0.717, 1.165) is 28.8 Å². The second-order valence-electron chi connectivity index (χ2n) is 6.00. The van der Waals surface area contributed by atoms with Crippen molar-refractivity contribution in [3.63, 3.8) is 0 Å². The molecule has 0 fully saturated rings. The number of carbonyl (C=O) groups is 1. The fourth-order valence-electron chi connectivity index (χ4n) is 3.16. The minimum atomic E-state index is -0.0269. The van der Waals surface area contributed by atoms with Crippen molar-refractivity contribution in [1.82, 2.24) is 0 Å². The van der Waals surface area contributed by atoms with Crippen LogP contribution in [0.25, 0.3) is 21.0 Å². The van der Waals surface area contributed by atoms with Crippen molar-refractivity contribution in [2.45, 2.75) is 20.3 Å². The van der Waals surface area contributed by atoms with Crippen LogP contribution in [0.1, 0.15) is 27.1 Å². The summed E-state index contributed by atoms with van der Waals surface area (Å²) in [5, 5.41) is 6.50. The number of anilines is 1. The van der Waals surface area contributed by atoms with Crippen LogP contribution < -0.4 is 5.32 Å². The third-order valence-corrected chi connectivity index (χ3v) is 7.06. The molecule has 0 saturated heterocycles. The maximum atomic E-state index is 12.4. The molecule has 0 spiro atoms. The van der Waals surface area contributed by atoms with Crippen molar-refractivity contribution in [2.24, 2.45) is 0 Å². The van der Waals surface area contributed by atoms with Crippen LogP contribution in [-0.4, -0.2) is 11.8 Å². The molecular formula is C19H16ClNOS2. The van der Waals surface area contributed by atoms with Gasteiger partial charge in [-0.15, -0.1) is 34.3 Å². The van der Waals surface area contributed by atoms with Gasteiger partial charge in [0.25, 0.3) is 5.91 Å². The smallest absolute Gasteiger partial charge is 0.256 e. The highest BCUT2D eigenvalue weighted by Crippen LogP contribution is 2.41. The summed E-state index contributed by atoms with van der Waals surface area (Å²) >= 11 is 9.40. The Morgan fingerprint density at radius 1 is 1.29 bits per heavy atom. The molecule has 5 heteroatoms. The number of fused-ring (bicyclic) bond motifs is 2. The Morgan fingerprint density at radius 3 is 2.88 bits per heavy atom. The molecule has 24 heavy (non-hydrogen) atoms. The SMILES string of the molecule is Cc1csc2sc(C=C3C(=O)Nc4ccc(CCCl)cc43)c(C)c12. The van der Waals surface area contributed by atoms with E-state index in [1.807, 2.05) is 18.2 Å². The highest BCUT2D eigenvalue weighted by molar-refractivity contribution is 7.38. The van der Waals surface area contributed by atoms with Gasteiger partial charge in [-0.2, -0.15) is 0 Å². The number of rotatable bonds is 3. The van der Waals surface area contributed by atoms with Crippen molar-refractivity contribution in [3.8, 4) is 0 Å². The van der Waals surface area contributed by atoms with E-state index in [4.69, 9.17) is 11.6 Å². The van der Waals surface area contributed by atoms with Gasteiger partial charge in [0.2, 0.25) is 0 Å². The lowest BCUT2D eigenvalue weighted by Gasteiger charge is -2.03. The van der Waals surface area contributed by atoms with Crippen LogP contribution in [-0.2, 0) is 11.2 Å². The molecule has 0 radical (unpaired) electrons. The number of thiophene rings is 2. The average Bonchev–Trinajstić information content (AvgIpc) is 3.17. The largest absolute Gasteiger partial charge is 0.321 e. The minimum absolute atomic E-state index is 0.0269. The molecule has 0 aliphatic carbocycles. The summed E-state index contributed by atoms with van der Waals surface area (Å²) in [4.78, 5) is 13.6. The van der Waals surface area contributed by atoms with Crippen LogP contribution in [0.4, 0.5) is 5.69 Å².